The maximum atomic E-state index is 12.9. The molecule has 0 spiro atoms. The number of carbonyl (C=O) groups is 2. The Morgan fingerprint density at radius 1 is 1.17 bits per heavy atom. The Morgan fingerprint density at radius 3 is 2.69 bits per heavy atom. The van der Waals surface area contributed by atoms with Crippen molar-refractivity contribution < 1.29 is 9.59 Å². The summed E-state index contributed by atoms with van der Waals surface area (Å²) in [6.45, 7) is 4.60. The van der Waals surface area contributed by atoms with Crippen LogP contribution in [0, 0.1) is 6.92 Å². The second-order valence-electron chi connectivity index (χ2n) is 7.67. The van der Waals surface area contributed by atoms with Crippen molar-refractivity contribution in [3.05, 3.63) is 47.8 Å². The number of nitrogens with one attached hydrogen (secondary N) is 2. The lowest BCUT2D eigenvalue weighted by molar-refractivity contribution is -0.121. The van der Waals surface area contributed by atoms with Crippen LogP contribution < -0.4 is 15.5 Å². The van der Waals surface area contributed by atoms with Gasteiger partial charge in [0.15, 0.2) is 0 Å². The zero-order valence-electron chi connectivity index (χ0n) is 16.6. The molecule has 0 radical (unpaired) electrons. The van der Waals surface area contributed by atoms with Crippen LogP contribution in [0.1, 0.15) is 47.8 Å². The second kappa shape index (κ2) is 9.41. The van der Waals surface area contributed by atoms with Gasteiger partial charge in [0.2, 0.25) is 5.91 Å². The summed E-state index contributed by atoms with van der Waals surface area (Å²) in [5, 5.41) is 10.7. The number of nitrogens with zero attached hydrogens (tertiary/aromatic N) is 3. The van der Waals surface area contributed by atoms with Crippen molar-refractivity contribution in [3.8, 4) is 0 Å². The molecule has 3 heterocycles. The molecule has 1 aromatic heterocycles. The number of aromatic nitrogens is 2. The van der Waals surface area contributed by atoms with E-state index in [-0.39, 0.29) is 30.3 Å². The Kier molecular flexibility index (Phi) is 6.92. The lowest BCUT2D eigenvalue weighted by Gasteiger charge is -2.32. The van der Waals surface area contributed by atoms with Crippen molar-refractivity contribution in [2.24, 2.45) is 0 Å². The van der Waals surface area contributed by atoms with Crippen molar-refractivity contribution in [1.29, 1.82) is 0 Å². The molecule has 2 aliphatic heterocycles. The fraction of sp³-hybridized carbons (Fsp3) is 0.476. The van der Waals surface area contributed by atoms with Crippen LogP contribution in [0.25, 0.3) is 0 Å². The summed E-state index contributed by atoms with van der Waals surface area (Å²) in [5.74, 6) is -0.342. The molecule has 7 nitrogen and oxygen atoms in total. The van der Waals surface area contributed by atoms with Crippen LogP contribution in [-0.2, 0) is 4.79 Å². The summed E-state index contributed by atoms with van der Waals surface area (Å²) < 4.78 is 1.86. The summed E-state index contributed by atoms with van der Waals surface area (Å²) in [7, 11) is 0. The number of amides is 2. The molecule has 2 fully saturated rings. The highest BCUT2D eigenvalue weighted by Gasteiger charge is 2.31. The molecule has 2 saturated heterocycles. The number of rotatable bonds is 4. The van der Waals surface area contributed by atoms with E-state index in [0.29, 0.717) is 18.7 Å². The highest BCUT2D eigenvalue weighted by atomic mass is 35.5. The van der Waals surface area contributed by atoms with E-state index in [9.17, 15) is 9.59 Å². The molecule has 1 aromatic carbocycles. The van der Waals surface area contributed by atoms with Crippen molar-refractivity contribution in [3.63, 3.8) is 0 Å². The van der Waals surface area contributed by atoms with Crippen molar-refractivity contribution in [2.45, 2.75) is 44.7 Å². The van der Waals surface area contributed by atoms with Gasteiger partial charge >= 0.3 is 0 Å². The van der Waals surface area contributed by atoms with Crippen LogP contribution >= 0.6 is 12.4 Å². The molecule has 2 N–H and O–H groups in total. The first-order chi connectivity index (χ1) is 13.6. The lowest BCUT2D eigenvalue weighted by atomic mass is 10.0. The van der Waals surface area contributed by atoms with E-state index in [4.69, 9.17) is 0 Å². The third kappa shape index (κ3) is 4.79. The minimum absolute atomic E-state index is 0. The molecule has 4 rings (SSSR count). The normalized spacial score (nSPS) is 22.1. The third-order valence-electron chi connectivity index (χ3n) is 5.58. The van der Waals surface area contributed by atoms with Crippen LogP contribution in [0.3, 0.4) is 0 Å². The van der Waals surface area contributed by atoms with Gasteiger partial charge in [-0.1, -0.05) is 17.7 Å². The number of halogens is 1. The average Bonchev–Trinajstić information content (AvgIpc) is 3.21. The fourth-order valence-electron chi connectivity index (χ4n) is 3.94. The van der Waals surface area contributed by atoms with Gasteiger partial charge in [-0.15, -0.1) is 12.4 Å². The largest absolute Gasteiger partial charge is 0.339 e. The molecule has 0 aliphatic carbocycles. The zero-order valence-corrected chi connectivity index (χ0v) is 17.5. The molecule has 29 heavy (non-hydrogen) atoms. The number of benzene rings is 1. The standard InChI is InChI=1S/C21H27N5O2.ClH/c1-15-6-8-16(9-7-15)25-12-3-5-19(21(25)28)23-20(27)18-10-13-26(24-18)17-4-2-11-22-14-17;/h6-10,13,17,19,22H,2-5,11-12,14H2,1H3,(H,23,27);1H. The maximum absolute atomic E-state index is 12.9. The molecule has 2 amide bonds. The van der Waals surface area contributed by atoms with Crippen molar-refractivity contribution in [2.75, 3.05) is 24.5 Å². The number of hydrogen-bond acceptors (Lipinski definition) is 4. The highest BCUT2D eigenvalue weighted by Crippen LogP contribution is 2.22. The molecule has 2 aromatic rings. The van der Waals surface area contributed by atoms with Crippen LogP contribution in [0.5, 0.6) is 0 Å². The number of hydrogen-bond donors (Lipinski definition) is 2. The first-order valence-electron chi connectivity index (χ1n) is 10.1. The van der Waals surface area contributed by atoms with E-state index in [2.05, 4.69) is 15.7 Å². The van der Waals surface area contributed by atoms with Gasteiger partial charge in [-0.3, -0.25) is 14.3 Å². The topological polar surface area (TPSA) is 79.3 Å². The average molecular weight is 418 g/mol. The van der Waals surface area contributed by atoms with Crippen LogP contribution in [0.15, 0.2) is 36.5 Å². The summed E-state index contributed by atoms with van der Waals surface area (Å²) in [6, 6.07) is 9.41. The van der Waals surface area contributed by atoms with Gasteiger partial charge < -0.3 is 15.5 Å². The zero-order chi connectivity index (χ0) is 19.5. The number of aryl methyl sites for hydroxylation is 1. The molecule has 2 unspecified atom stereocenters. The molecular weight excluding hydrogens is 390 g/mol. The fourth-order valence-corrected chi connectivity index (χ4v) is 3.94. The monoisotopic (exact) mass is 417 g/mol. The number of anilines is 1. The van der Waals surface area contributed by atoms with E-state index in [0.717, 1.165) is 43.6 Å². The molecule has 8 heteroatoms. The molecule has 2 aliphatic rings. The maximum Gasteiger partial charge on any atom is 0.272 e. The van der Waals surface area contributed by atoms with Gasteiger partial charge in [0.05, 0.1) is 6.04 Å². The Bertz CT molecular complexity index is 845. The Balaban J connectivity index is 0.00000240. The van der Waals surface area contributed by atoms with Crippen LogP contribution in [0.4, 0.5) is 5.69 Å². The smallest absolute Gasteiger partial charge is 0.272 e. The summed E-state index contributed by atoms with van der Waals surface area (Å²) >= 11 is 0. The second-order valence-corrected chi connectivity index (χ2v) is 7.67. The molecule has 2 atom stereocenters. The van der Waals surface area contributed by atoms with E-state index in [1.165, 1.54) is 0 Å². The SMILES string of the molecule is Cc1ccc(N2CCCC(NC(=O)c3ccn(C4CCCNC4)n3)C2=O)cc1.Cl. The molecule has 156 valence electrons. The highest BCUT2D eigenvalue weighted by molar-refractivity contribution is 6.02. The molecular formula is C21H28ClN5O2. The quantitative estimate of drug-likeness (QED) is 0.800. The lowest BCUT2D eigenvalue weighted by Crippen LogP contribution is -2.52. The van der Waals surface area contributed by atoms with Crippen molar-refractivity contribution in [1.82, 2.24) is 20.4 Å². The Labute approximate surface area is 177 Å². The first-order valence-corrected chi connectivity index (χ1v) is 10.1. The summed E-state index contributed by atoms with van der Waals surface area (Å²) in [5.41, 5.74) is 2.40. The Morgan fingerprint density at radius 2 is 1.97 bits per heavy atom. The predicted molar refractivity (Wildman–Crippen MR) is 115 cm³/mol. The Hall–Kier alpha value is -2.38. The van der Waals surface area contributed by atoms with Gasteiger partial charge in [0.25, 0.3) is 5.91 Å². The van der Waals surface area contributed by atoms with Gasteiger partial charge in [-0.05, 0) is 57.4 Å². The van der Waals surface area contributed by atoms with Gasteiger partial charge in [0, 0.05) is 25.0 Å². The predicted octanol–water partition coefficient (Wildman–Crippen LogP) is 2.46. The van der Waals surface area contributed by atoms with Gasteiger partial charge in [-0.2, -0.15) is 5.10 Å². The van der Waals surface area contributed by atoms with Crippen molar-refractivity contribution >= 4 is 29.9 Å². The number of carbonyl (C=O) groups excluding carboxylic acids is 2. The van der Waals surface area contributed by atoms with Gasteiger partial charge in [-0.25, -0.2) is 0 Å². The van der Waals surface area contributed by atoms with E-state index >= 15 is 0 Å². The van der Waals surface area contributed by atoms with Crippen LogP contribution in [0.2, 0.25) is 0 Å². The summed E-state index contributed by atoms with van der Waals surface area (Å²) in [6.07, 6.45) is 5.53. The van der Waals surface area contributed by atoms with E-state index in [1.54, 1.807) is 11.0 Å². The van der Waals surface area contributed by atoms with Gasteiger partial charge in [0.1, 0.15) is 11.7 Å². The van der Waals surface area contributed by atoms with E-state index < -0.39 is 6.04 Å². The number of piperidine rings is 2. The van der Waals surface area contributed by atoms with Crippen LogP contribution in [-0.4, -0.2) is 47.3 Å². The minimum Gasteiger partial charge on any atom is -0.339 e. The first kappa shape index (κ1) is 21.3. The third-order valence-corrected chi connectivity index (χ3v) is 5.58. The molecule has 0 saturated carbocycles. The minimum atomic E-state index is -0.510. The molecule has 0 bridgehead atoms. The van der Waals surface area contributed by atoms with E-state index in [1.807, 2.05) is 42.1 Å². The summed E-state index contributed by atoms with van der Waals surface area (Å²) in [4.78, 5) is 27.3.